The van der Waals surface area contributed by atoms with E-state index in [1.165, 1.54) is 58.8 Å². The zero-order valence-corrected chi connectivity index (χ0v) is 23.5. The fourth-order valence-corrected chi connectivity index (χ4v) is 5.57. The van der Waals surface area contributed by atoms with Crippen molar-refractivity contribution in [3.63, 3.8) is 0 Å². The predicted molar refractivity (Wildman–Crippen MR) is 145 cm³/mol. The number of hydrogen-bond acceptors (Lipinski definition) is 7. The van der Waals surface area contributed by atoms with E-state index in [4.69, 9.17) is 0 Å². The van der Waals surface area contributed by atoms with Gasteiger partial charge in [0, 0.05) is 23.6 Å². The molecule has 0 atom stereocenters. The van der Waals surface area contributed by atoms with Crippen molar-refractivity contribution in [2.75, 3.05) is 6.26 Å². The summed E-state index contributed by atoms with van der Waals surface area (Å²) in [6, 6.07) is 11.6. The molecule has 0 saturated carbocycles. The number of sulfone groups is 1. The van der Waals surface area contributed by atoms with Crippen molar-refractivity contribution < 1.29 is 44.6 Å². The predicted octanol–water partition coefficient (Wildman–Crippen LogP) is 5.97. The van der Waals surface area contributed by atoms with Crippen LogP contribution in [0.15, 0.2) is 71.9 Å². The number of aliphatic hydroxyl groups excluding tert-OH is 1. The lowest BCUT2D eigenvalue weighted by molar-refractivity contribution is -0.274. The SMILES string of the molecule is Cc1nc(C(F)F)cn1-c1ccc(-c2cc(F)c(CO)c(S(C)(=O)=O)c2)cc1-n1nncc1-c1ccc(OC(F)(F)F)cc1. The maximum atomic E-state index is 15.0. The number of aromatic nitrogens is 5. The van der Waals surface area contributed by atoms with Gasteiger partial charge >= 0.3 is 6.36 Å². The van der Waals surface area contributed by atoms with Crippen LogP contribution in [0.25, 0.3) is 33.8 Å². The molecule has 2 heterocycles. The van der Waals surface area contributed by atoms with E-state index in [9.17, 15) is 39.9 Å². The second-order valence-corrected chi connectivity index (χ2v) is 11.5. The molecule has 0 unspecified atom stereocenters. The smallest absolute Gasteiger partial charge is 0.406 e. The van der Waals surface area contributed by atoms with Gasteiger partial charge in [0.1, 0.15) is 23.1 Å². The van der Waals surface area contributed by atoms with E-state index < -0.39 is 57.0 Å². The number of rotatable bonds is 8. The highest BCUT2D eigenvalue weighted by molar-refractivity contribution is 7.90. The number of benzene rings is 3. The summed E-state index contributed by atoms with van der Waals surface area (Å²) >= 11 is 0. The Morgan fingerprint density at radius 3 is 2.25 bits per heavy atom. The summed E-state index contributed by atoms with van der Waals surface area (Å²) in [4.78, 5) is 3.48. The van der Waals surface area contributed by atoms with Gasteiger partial charge in [-0.05, 0) is 66.6 Å². The summed E-state index contributed by atoms with van der Waals surface area (Å²) in [5.74, 6) is -1.25. The van der Waals surface area contributed by atoms with Gasteiger partial charge in [0.05, 0.1) is 34.8 Å². The van der Waals surface area contributed by atoms with Crippen LogP contribution >= 0.6 is 0 Å². The first-order valence-electron chi connectivity index (χ1n) is 12.6. The maximum Gasteiger partial charge on any atom is 0.573 e. The third-order valence-corrected chi connectivity index (χ3v) is 7.73. The summed E-state index contributed by atoms with van der Waals surface area (Å²) < 4.78 is 111. The van der Waals surface area contributed by atoms with Crippen molar-refractivity contribution in [3.05, 3.63) is 89.9 Å². The molecule has 16 heteroatoms. The molecular formula is C28H21F6N5O4S. The minimum Gasteiger partial charge on any atom is -0.406 e. The number of ether oxygens (including phenoxy) is 1. The van der Waals surface area contributed by atoms with Gasteiger partial charge in [-0.2, -0.15) is 0 Å². The van der Waals surface area contributed by atoms with Crippen molar-refractivity contribution in [1.29, 1.82) is 0 Å². The normalized spacial score (nSPS) is 12.2. The van der Waals surface area contributed by atoms with E-state index in [2.05, 4.69) is 20.0 Å². The molecule has 0 aliphatic heterocycles. The summed E-state index contributed by atoms with van der Waals surface area (Å²) in [5.41, 5.74) is 0.568. The van der Waals surface area contributed by atoms with Crippen molar-refractivity contribution in [1.82, 2.24) is 24.5 Å². The third kappa shape index (κ3) is 6.16. The number of aliphatic hydroxyl groups is 1. The molecule has 0 amide bonds. The van der Waals surface area contributed by atoms with Crippen molar-refractivity contribution in [3.8, 4) is 39.5 Å². The maximum absolute atomic E-state index is 15.0. The molecule has 0 bridgehead atoms. The number of hydrogen-bond donors (Lipinski definition) is 1. The first-order chi connectivity index (χ1) is 20.7. The molecule has 9 nitrogen and oxygen atoms in total. The molecule has 44 heavy (non-hydrogen) atoms. The highest BCUT2D eigenvalue weighted by atomic mass is 32.2. The van der Waals surface area contributed by atoms with E-state index in [0.717, 1.165) is 30.7 Å². The van der Waals surface area contributed by atoms with Crippen molar-refractivity contribution in [2.24, 2.45) is 0 Å². The lowest BCUT2D eigenvalue weighted by atomic mass is 10.0. The van der Waals surface area contributed by atoms with Gasteiger partial charge in [0.2, 0.25) is 0 Å². The molecule has 0 spiro atoms. The Kier molecular flexibility index (Phi) is 7.98. The van der Waals surface area contributed by atoms with Gasteiger partial charge in [0.25, 0.3) is 6.43 Å². The second kappa shape index (κ2) is 11.4. The third-order valence-electron chi connectivity index (χ3n) is 6.57. The summed E-state index contributed by atoms with van der Waals surface area (Å²) in [5, 5.41) is 17.6. The van der Waals surface area contributed by atoms with Crippen LogP contribution < -0.4 is 4.74 Å². The van der Waals surface area contributed by atoms with Gasteiger partial charge < -0.3 is 14.4 Å². The molecule has 230 valence electrons. The number of aryl methyl sites for hydroxylation is 1. The van der Waals surface area contributed by atoms with Crippen LogP contribution in [0.2, 0.25) is 0 Å². The Balaban J connectivity index is 1.71. The molecule has 1 N–H and O–H groups in total. The van der Waals surface area contributed by atoms with Gasteiger partial charge in [0.15, 0.2) is 9.84 Å². The molecule has 0 radical (unpaired) electrons. The number of imidazole rings is 1. The van der Waals surface area contributed by atoms with Gasteiger partial charge in [-0.15, -0.1) is 18.3 Å². The van der Waals surface area contributed by atoms with Gasteiger partial charge in [-0.1, -0.05) is 11.3 Å². The highest BCUT2D eigenvalue weighted by Crippen LogP contribution is 2.35. The minimum absolute atomic E-state index is 0.110. The first-order valence-corrected chi connectivity index (χ1v) is 14.4. The Morgan fingerprint density at radius 1 is 0.977 bits per heavy atom. The zero-order chi connectivity index (χ0) is 32.0. The summed E-state index contributed by atoms with van der Waals surface area (Å²) in [7, 11) is -3.96. The highest BCUT2D eigenvalue weighted by Gasteiger charge is 2.31. The fourth-order valence-electron chi connectivity index (χ4n) is 4.62. The van der Waals surface area contributed by atoms with Gasteiger partial charge in [-0.3, -0.25) is 0 Å². The minimum atomic E-state index is -4.90. The Hall–Kier alpha value is -4.70. The average Bonchev–Trinajstić information content (AvgIpc) is 3.58. The molecule has 3 aromatic carbocycles. The van der Waals surface area contributed by atoms with Crippen LogP contribution in [-0.2, 0) is 16.4 Å². The second-order valence-electron chi connectivity index (χ2n) is 9.56. The van der Waals surface area contributed by atoms with Crippen molar-refractivity contribution >= 4 is 9.84 Å². The molecular weight excluding hydrogens is 616 g/mol. The van der Waals surface area contributed by atoms with E-state index >= 15 is 0 Å². The summed E-state index contributed by atoms with van der Waals surface area (Å²) in [6.45, 7) is 0.632. The molecule has 0 fully saturated rings. The quantitative estimate of drug-likeness (QED) is 0.209. The van der Waals surface area contributed by atoms with Crippen LogP contribution in [0.4, 0.5) is 26.3 Å². The average molecular weight is 638 g/mol. The molecule has 0 saturated heterocycles. The van der Waals surface area contributed by atoms with E-state index in [0.29, 0.717) is 5.56 Å². The van der Waals surface area contributed by atoms with Crippen LogP contribution in [0.3, 0.4) is 0 Å². The molecule has 5 aromatic rings. The Morgan fingerprint density at radius 2 is 1.66 bits per heavy atom. The van der Waals surface area contributed by atoms with Crippen LogP contribution in [-0.4, -0.2) is 50.7 Å². The fraction of sp³-hybridized carbons (Fsp3) is 0.179. The molecule has 2 aromatic heterocycles. The zero-order valence-electron chi connectivity index (χ0n) is 22.7. The number of halogens is 6. The van der Waals surface area contributed by atoms with Gasteiger partial charge in [-0.25, -0.2) is 31.3 Å². The van der Waals surface area contributed by atoms with E-state index in [1.54, 1.807) is 0 Å². The molecule has 5 rings (SSSR count). The summed E-state index contributed by atoms with van der Waals surface area (Å²) in [6.07, 6.45) is -4.46. The first kappa shape index (κ1) is 30.7. The van der Waals surface area contributed by atoms with Crippen molar-refractivity contribution in [2.45, 2.75) is 31.2 Å². The van der Waals surface area contributed by atoms with Crippen LogP contribution in [0, 0.1) is 12.7 Å². The lowest BCUT2D eigenvalue weighted by Crippen LogP contribution is -2.16. The number of alkyl halides is 5. The van der Waals surface area contributed by atoms with Crippen LogP contribution in [0.5, 0.6) is 5.75 Å². The molecule has 0 aliphatic carbocycles. The Labute approximate surface area is 245 Å². The molecule has 0 aliphatic rings. The van der Waals surface area contributed by atoms with E-state index in [1.807, 2.05) is 0 Å². The standard InChI is InChI=1S/C28H21F6N5O4S/c1-15-36-22(27(30)31)13-38(15)23-8-5-17(18-9-21(29)20(14-40)26(11-18)44(2,41)42)10-24(23)39-25(12-35-37-39)16-3-6-19(7-4-16)43-28(32,33)34/h3-13,27,40H,14H2,1-2H3. The largest absolute Gasteiger partial charge is 0.573 e. The number of nitrogens with zero attached hydrogens (tertiary/aromatic N) is 5. The lowest BCUT2D eigenvalue weighted by Gasteiger charge is -2.17. The van der Waals surface area contributed by atoms with Crippen LogP contribution in [0.1, 0.15) is 23.5 Å². The van der Waals surface area contributed by atoms with E-state index in [-0.39, 0.29) is 34.0 Å². The monoisotopic (exact) mass is 637 g/mol. The Bertz CT molecular complexity index is 1950. The topological polar surface area (TPSA) is 112 Å².